The molecule has 0 spiro atoms. The minimum absolute atomic E-state index is 0.414. The number of para-hydroxylation sites is 2. The first-order valence-electron chi connectivity index (χ1n) is 6.80. The van der Waals surface area contributed by atoms with Gasteiger partial charge in [0.25, 0.3) is 12.4 Å². The molecule has 0 aliphatic carbocycles. The number of fused-ring (bicyclic) bond motifs is 1. The summed E-state index contributed by atoms with van der Waals surface area (Å²) in [5.74, 6) is 0.414. The Hall–Kier alpha value is -2.63. The van der Waals surface area contributed by atoms with Crippen LogP contribution in [0.4, 0.5) is 14.8 Å². The maximum absolute atomic E-state index is 12.1. The van der Waals surface area contributed by atoms with Gasteiger partial charge in [0.2, 0.25) is 0 Å². The number of halogens is 2. The van der Waals surface area contributed by atoms with Crippen LogP contribution in [-0.2, 0) is 6.54 Å². The summed E-state index contributed by atoms with van der Waals surface area (Å²) >= 11 is 0. The highest BCUT2D eigenvalue weighted by molar-refractivity contribution is 5.74. The number of nitrogens with one attached hydrogen (secondary N) is 1. The van der Waals surface area contributed by atoms with E-state index in [9.17, 15) is 8.78 Å². The molecule has 6 heteroatoms. The number of hydrogen-bond acceptors (Lipinski definition) is 4. The van der Waals surface area contributed by atoms with E-state index in [2.05, 4.69) is 10.3 Å². The van der Waals surface area contributed by atoms with Crippen LogP contribution < -0.4 is 10.1 Å². The maximum atomic E-state index is 12.1. The number of nitrogens with zero attached hydrogens (tertiary/aromatic N) is 1. The molecule has 4 nitrogen and oxygen atoms in total. The molecule has 1 heterocycles. The SMILES string of the molecule is FC(F)COc1cccc(CNc2nc3ccccc3o2)c1. The highest BCUT2D eigenvalue weighted by atomic mass is 19.3. The number of benzene rings is 2. The molecule has 3 rings (SSSR count). The van der Waals surface area contributed by atoms with Crippen molar-refractivity contribution in [2.45, 2.75) is 13.0 Å². The molecule has 22 heavy (non-hydrogen) atoms. The van der Waals surface area contributed by atoms with Gasteiger partial charge >= 0.3 is 0 Å². The normalized spacial score (nSPS) is 11.0. The molecule has 0 fully saturated rings. The smallest absolute Gasteiger partial charge is 0.295 e. The Morgan fingerprint density at radius 1 is 1.14 bits per heavy atom. The molecule has 0 aliphatic heterocycles. The maximum Gasteiger partial charge on any atom is 0.295 e. The van der Waals surface area contributed by atoms with Crippen molar-refractivity contribution < 1.29 is 17.9 Å². The predicted octanol–water partition coefficient (Wildman–Crippen LogP) is 4.08. The second-order valence-corrected chi connectivity index (χ2v) is 4.69. The summed E-state index contributed by atoms with van der Waals surface area (Å²) in [6.07, 6.45) is -2.48. The monoisotopic (exact) mass is 304 g/mol. The second kappa shape index (κ2) is 6.43. The van der Waals surface area contributed by atoms with Crippen LogP contribution in [0.25, 0.3) is 11.1 Å². The lowest BCUT2D eigenvalue weighted by Gasteiger charge is -2.07. The van der Waals surface area contributed by atoms with Crippen molar-refractivity contribution in [2.24, 2.45) is 0 Å². The number of oxazole rings is 1. The predicted molar refractivity (Wildman–Crippen MR) is 79.3 cm³/mol. The lowest BCUT2D eigenvalue weighted by atomic mass is 10.2. The van der Waals surface area contributed by atoms with Gasteiger partial charge in [0.15, 0.2) is 5.58 Å². The third-order valence-corrected chi connectivity index (χ3v) is 3.01. The number of hydrogen-bond donors (Lipinski definition) is 1. The zero-order chi connectivity index (χ0) is 15.4. The number of anilines is 1. The molecule has 0 aliphatic rings. The largest absolute Gasteiger partial charge is 0.488 e. The van der Waals surface area contributed by atoms with Crippen molar-refractivity contribution in [1.82, 2.24) is 4.98 Å². The number of alkyl halides is 2. The highest BCUT2D eigenvalue weighted by Crippen LogP contribution is 2.19. The van der Waals surface area contributed by atoms with Crippen LogP contribution in [0.2, 0.25) is 0 Å². The molecule has 0 saturated heterocycles. The van der Waals surface area contributed by atoms with Gasteiger partial charge in [-0.2, -0.15) is 4.98 Å². The van der Waals surface area contributed by atoms with Gasteiger partial charge in [0.05, 0.1) is 0 Å². The summed E-state index contributed by atoms with van der Waals surface area (Å²) in [6, 6.07) is 14.9. The number of rotatable bonds is 6. The van der Waals surface area contributed by atoms with Crippen LogP contribution >= 0.6 is 0 Å². The highest BCUT2D eigenvalue weighted by Gasteiger charge is 2.06. The van der Waals surface area contributed by atoms with Gasteiger partial charge in [-0.3, -0.25) is 0 Å². The van der Waals surface area contributed by atoms with E-state index in [-0.39, 0.29) is 0 Å². The van der Waals surface area contributed by atoms with Crippen LogP contribution in [0.15, 0.2) is 52.9 Å². The summed E-state index contributed by atoms with van der Waals surface area (Å²) < 4.78 is 34.8. The average Bonchev–Trinajstić information content (AvgIpc) is 2.94. The van der Waals surface area contributed by atoms with Crippen molar-refractivity contribution in [2.75, 3.05) is 11.9 Å². The molecular weight excluding hydrogens is 290 g/mol. The third kappa shape index (κ3) is 3.52. The standard InChI is InChI=1S/C16H14F2N2O2/c17-15(18)10-21-12-5-3-4-11(8-12)9-19-16-20-13-6-1-2-7-14(13)22-16/h1-8,15H,9-10H2,(H,19,20). The summed E-state index contributed by atoms with van der Waals surface area (Å²) in [5.41, 5.74) is 2.37. The van der Waals surface area contributed by atoms with Gasteiger partial charge in [-0.05, 0) is 29.8 Å². The van der Waals surface area contributed by atoms with E-state index < -0.39 is 13.0 Å². The molecule has 1 aromatic heterocycles. The molecule has 2 aromatic carbocycles. The first-order chi connectivity index (χ1) is 10.7. The van der Waals surface area contributed by atoms with Gasteiger partial charge in [0, 0.05) is 6.54 Å². The minimum atomic E-state index is -2.48. The summed E-state index contributed by atoms with van der Waals surface area (Å²) in [5, 5.41) is 3.06. The lowest BCUT2D eigenvalue weighted by Crippen LogP contribution is -2.07. The first kappa shape index (κ1) is 14.3. The minimum Gasteiger partial charge on any atom is -0.488 e. The lowest BCUT2D eigenvalue weighted by molar-refractivity contribution is 0.0818. The fraction of sp³-hybridized carbons (Fsp3) is 0.188. The zero-order valence-corrected chi connectivity index (χ0v) is 11.6. The average molecular weight is 304 g/mol. The number of ether oxygens (including phenoxy) is 1. The summed E-state index contributed by atoms with van der Waals surface area (Å²) in [4.78, 5) is 4.30. The Bertz CT molecular complexity index is 725. The van der Waals surface area contributed by atoms with E-state index in [1.54, 1.807) is 18.2 Å². The molecule has 0 saturated carbocycles. The van der Waals surface area contributed by atoms with E-state index in [0.29, 0.717) is 23.9 Å². The van der Waals surface area contributed by atoms with Gasteiger partial charge in [-0.15, -0.1) is 0 Å². The summed E-state index contributed by atoms with van der Waals surface area (Å²) in [7, 11) is 0. The van der Waals surface area contributed by atoms with Crippen molar-refractivity contribution in [1.29, 1.82) is 0 Å². The molecule has 0 atom stereocenters. The molecule has 1 N–H and O–H groups in total. The third-order valence-electron chi connectivity index (χ3n) is 3.01. The van der Waals surface area contributed by atoms with E-state index in [0.717, 1.165) is 11.1 Å². The topological polar surface area (TPSA) is 47.3 Å². The Labute approximate surface area is 125 Å². The molecule has 0 amide bonds. The van der Waals surface area contributed by atoms with Crippen molar-refractivity contribution in [3.8, 4) is 5.75 Å². The quantitative estimate of drug-likeness (QED) is 0.745. The molecule has 3 aromatic rings. The van der Waals surface area contributed by atoms with Crippen molar-refractivity contribution >= 4 is 17.1 Å². The van der Waals surface area contributed by atoms with Crippen LogP contribution in [0.1, 0.15) is 5.56 Å². The van der Waals surface area contributed by atoms with Crippen LogP contribution in [0.5, 0.6) is 5.75 Å². The van der Waals surface area contributed by atoms with E-state index in [1.165, 1.54) is 0 Å². The van der Waals surface area contributed by atoms with Gasteiger partial charge < -0.3 is 14.5 Å². The van der Waals surface area contributed by atoms with Crippen molar-refractivity contribution in [3.63, 3.8) is 0 Å². The summed E-state index contributed by atoms with van der Waals surface area (Å²) in [6.45, 7) is -0.152. The molecule has 0 radical (unpaired) electrons. The van der Waals surface area contributed by atoms with Gasteiger partial charge in [-0.1, -0.05) is 24.3 Å². The Morgan fingerprint density at radius 2 is 2.00 bits per heavy atom. The number of aromatic nitrogens is 1. The van der Waals surface area contributed by atoms with E-state index in [4.69, 9.17) is 9.15 Å². The molecular formula is C16H14F2N2O2. The van der Waals surface area contributed by atoms with Gasteiger partial charge in [0.1, 0.15) is 17.9 Å². The Morgan fingerprint density at radius 3 is 2.82 bits per heavy atom. The van der Waals surface area contributed by atoms with E-state index >= 15 is 0 Å². The Balaban J connectivity index is 1.64. The first-order valence-corrected chi connectivity index (χ1v) is 6.80. The van der Waals surface area contributed by atoms with Crippen LogP contribution in [0, 0.1) is 0 Å². The van der Waals surface area contributed by atoms with Crippen LogP contribution in [0.3, 0.4) is 0 Å². The fourth-order valence-corrected chi connectivity index (χ4v) is 2.03. The molecule has 0 bridgehead atoms. The zero-order valence-electron chi connectivity index (χ0n) is 11.6. The Kier molecular flexibility index (Phi) is 4.18. The fourth-order valence-electron chi connectivity index (χ4n) is 2.03. The van der Waals surface area contributed by atoms with Gasteiger partial charge in [-0.25, -0.2) is 8.78 Å². The van der Waals surface area contributed by atoms with Crippen LogP contribution in [-0.4, -0.2) is 18.0 Å². The second-order valence-electron chi connectivity index (χ2n) is 4.69. The molecule has 114 valence electrons. The van der Waals surface area contributed by atoms with Crippen molar-refractivity contribution in [3.05, 3.63) is 54.1 Å². The molecule has 0 unspecified atom stereocenters. The van der Waals surface area contributed by atoms with E-state index in [1.807, 2.05) is 30.3 Å².